The van der Waals surface area contributed by atoms with Crippen molar-refractivity contribution in [1.82, 2.24) is 0 Å². The lowest BCUT2D eigenvalue weighted by Gasteiger charge is -2.15. The number of carbonyl (C=O) groups is 1. The van der Waals surface area contributed by atoms with Crippen LogP contribution in [0.15, 0.2) is 24.3 Å². The van der Waals surface area contributed by atoms with Gasteiger partial charge in [0.05, 0.1) is 0 Å². The fourth-order valence-electron chi connectivity index (χ4n) is 1.73. The zero-order valence-electron chi connectivity index (χ0n) is 7.49. The smallest absolute Gasteiger partial charge is 0.226 e. The second-order valence-electron chi connectivity index (χ2n) is 3.17. The first-order chi connectivity index (χ1) is 6.33. The summed E-state index contributed by atoms with van der Waals surface area (Å²) in [5, 5.41) is 0. The maximum atomic E-state index is 11.4. The summed E-state index contributed by atoms with van der Waals surface area (Å²) in [4.78, 5) is 13.3. The maximum absolute atomic E-state index is 11.4. The van der Waals surface area contributed by atoms with Gasteiger partial charge >= 0.3 is 0 Å². The normalized spacial score (nSPS) is 14.4. The molecule has 1 aliphatic rings. The van der Waals surface area contributed by atoms with Crippen LogP contribution in [0.3, 0.4) is 0 Å². The van der Waals surface area contributed by atoms with E-state index in [0.29, 0.717) is 6.42 Å². The number of rotatable bonds is 1. The van der Waals surface area contributed by atoms with Crippen LogP contribution in [0, 0.1) is 6.92 Å². The second-order valence-corrected chi connectivity index (χ2v) is 3.17. The summed E-state index contributed by atoms with van der Waals surface area (Å²) in [7, 11) is 0. The number of nitrogens with zero attached hydrogens (tertiary/aromatic N) is 1. The number of para-hydroxylation sites is 1. The molecule has 2 nitrogen and oxygen atoms in total. The van der Waals surface area contributed by atoms with Gasteiger partial charge < -0.3 is 4.90 Å². The van der Waals surface area contributed by atoms with Crippen molar-refractivity contribution in [3.63, 3.8) is 0 Å². The number of benzene rings is 1. The van der Waals surface area contributed by atoms with Crippen LogP contribution >= 0.6 is 0 Å². The number of fused-ring (bicyclic) bond motifs is 1. The molecule has 0 spiro atoms. The SMILES string of the molecule is [CH2]CC(=O)N1CCc2ccccc21. The van der Waals surface area contributed by atoms with E-state index in [4.69, 9.17) is 0 Å². The first-order valence-electron chi connectivity index (χ1n) is 4.50. The molecule has 0 saturated carbocycles. The lowest BCUT2D eigenvalue weighted by Crippen LogP contribution is -2.27. The third-order valence-electron chi connectivity index (χ3n) is 2.40. The van der Waals surface area contributed by atoms with Crippen molar-refractivity contribution >= 4 is 11.6 Å². The second kappa shape index (κ2) is 3.21. The van der Waals surface area contributed by atoms with Crippen LogP contribution in [0.1, 0.15) is 12.0 Å². The fraction of sp³-hybridized carbons (Fsp3) is 0.273. The van der Waals surface area contributed by atoms with Crippen molar-refractivity contribution in [2.24, 2.45) is 0 Å². The molecule has 0 fully saturated rings. The Morgan fingerprint density at radius 1 is 1.46 bits per heavy atom. The molecule has 2 rings (SSSR count). The van der Waals surface area contributed by atoms with Gasteiger partial charge in [-0.15, -0.1) is 0 Å². The summed E-state index contributed by atoms with van der Waals surface area (Å²) < 4.78 is 0. The van der Waals surface area contributed by atoms with Crippen LogP contribution in [0.25, 0.3) is 0 Å². The van der Waals surface area contributed by atoms with Crippen molar-refractivity contribution in [2.75, 3.05) is 11.4 Å². The van der Waals surface area contributed by atoms with Crippen molar-refractivity contribution in [3.05, 3.63) is 36.8 Å². The largest absolute Gasteiger partial charge is 0.312 e. The zero-order valence-corrected chi connectivity index (χ0v) is 7.49. The number of carbonyl (C=O) groups excluding carboxylic acids is 1. The molecule has 0 aliphatic carbocycles. The monoisotopic (exact) mass is 174 g/mol. The molecule has 13 heavy (non-hydrogen) atoms. The van der Waals surface area contributed by atoms with E-state index in [1.165, 1.54) is 5.56 Å². The third kappa shape index (κ3) is 1.32. The van der Waals surface area contributed by atoms with Gasteiger partial charge in [-0.2, -0.15) is 0 Å². The van der Waals surface area contributed by atoms with Crippen molar-refractivity contribution < 1.29 is 4.79 Å². The van der Waals surface area contributed by atoms with Crippen LogP contribution < -0.4 is 4.90 Å². The van der Waals surface area contributed by atoms with Gasteiger partial charge in [0.25, 0.3) is 0 Å². The van der Waals surface area contributed by atoms with Gasteiger partial charge in [-0.3, -0.25) is 4.79 Å². The molecule has 1 radical (unpaired) electrons. The highest BCUT2D eigenvalue weighted by atomic mass is 16.2. The minimum absolute atomic E-state index is 0.116. The highest BCUT2D eigenvalue weighted by Gasteiger charge is 2.22. The van der Waals surface area contributed by atoms with Gasteiger partial charge in [-0.25, -0.2) is 0 Å². The van der Waals surface area contributed by atoms with Crippen LogP contribution in [-0.2, 0) is 11.2 Å². The van der Waals surface area contributed by atoms with Crippen LogP contribution in [-0.4, -0.2) is 12.5 Å². The molecule has 0 bridgehead atoms. The number of anilines is 1. The number of hydrogen-bond donors (Lipinski definition) is 0. The molecule has 1 aromatic rings. The van der Waals surface area contributed by atoms with Gasteiger partial charge in [-0.05, 0) is 25.0 Å². The first-order valence-corrected chi connectivity index (χ1v) is 4.50. The van der Waals surface area contributed by atoms with Gasteiger partial charge in [0.1, 0.15) is 0 Å². The average Bonchev–Trinajstić information content (AvgIpc) is 2.60. The Balaban J connectivity index is 2.33. The van der Waals surface area contributed by atoms with E-state index in [2.05, 4.69) is 13.0 Å². The Labute approximate surface area is 78.2 Å². The Morgan fingerprint density at radius 2 is 2.23 bits per heavy atom. The summed E-state index contributed by atoms with van der Waals surface area (Å²) in [5.41, 5.74) is 2.33. The molecule has 67 valence electrons. The molecule has 1 heterocycles. The standard InChI is InChI=1S/C11H12NO/c1-2-11(13)12-8-7-9-5-3-4-6-10(9)12/h3-6H,1-2,7-8H2. The fourth-order valence-corrected chi connectivity index (χ4v) is 1.73. The zero-order chi connectivity index (χ0) is 9.26. The molecule has 0 N–H and O–H groups in total. The quantitative estimate of drug-likeness (QED) is 0.635. The highest BCUT2D eigenvalue weighted by molar-refractivity contribution is 5.95. The van der Waals surface area contributed by atoms with E-state index < -0.39 is 0 Å². The summed E-state index contributed by atoms with van der Waals surface area (Å²) in [5.74, 6) is 0.116. The summed E-state index contributed by atoms with van der Waals surface area (Å²) in [6.07, 6.45) is 1.32. The molecule has 0 saturated heterocycles. The Hall–Kier alpha value is -1.31. The highest BCUT2D eigenvalue weighted by Crippen LogP contribution is 2.27. The van der Waals surface area contributed by atoms with Gasteiger partial charge in [0.2, 0.25) is 5.91 Å². The van der Waals surface area contributed by atoms with Crippen LogP contribution in [0.4, 0.5) is 5.69 Å². The van der Waals surface area contributed by atoms with E-state index in [0.717, 1.165) is 18.7 Å². The minimum Gasteiger partial charge on any atom is -0.312 e. The van der Waals surface area contributed by atoms with Crippen LogP contribution in [0.5, 0.6) is 0 Å². The number of hydrogen-bond acceptors (Lipinski definition) is 1. The maximum Gasteiger partial charge on any atom is 0.226 e. The van der Waals surface area contributed by atoms with E-state index >= 15 is 0 Å². The van der Waals surface area contributed by atoms with Gasteiger partial charge in [0.15, 0.2) is 0 Å². The molecule has 0 unspecified atom stereocenters. The molecule has 1 aliphatic heterocycles. The van der Waals surface area contributed by atoms with E-state index in [-0.39, 0.29) is 5.91 Å². The van der Waals surface area contributed by atoms with E-state index in [1.54, 1.807) is 0 Å². The Morgan fingerprint density at radius 3 is 3.00 bits per heavy atom. The number of amides is 1. The lowest BCUT2D eigenvalue weighted by atomic mass is 10.2. The third-order valence-corrected chi connectivity index (χ3v) is 2.40. The van der Waals surface area contributed by atoms with Crippen LogP contribution in [0.2, 0.25) is 0 Å². The Bertz CT molecular complexity index is 333. The predicted octanol–water partition coefficient (Wildman–Crippen LogP) is 1.80. The Kier molecular flexibility index (Phi) is 2.05. The molecule has 0 atom stereocenters. The van der Waals surface area contributed by atoms with Gasteiger partial charge in [-0.1, -0.05) is 18.2 Å². The predicted molar refractivity (Wildman–Crippen MR) is 52.5 cm³/mol. The molecular weight excluding hydrogens is 162 g/mol. The topological polar surface area (TPSA) is 20.3 Å². The molecule has 1 amide bonds. The summed E-state index contributed by atoms with van der Waals surface area (Å²) in [6.45, 7) is 4.43. The summed E-state index contributed by atoms with van der Waals surface area (Å²) >= 11 is 0. The summed E-state index contributed by atoms with van der Waals surface area (Å²) in [6, 6.07) is 8.05. The molecule has 1 aromatic carbocycles. The van der Waals surface area contributed by atoms with Crippen molar-refractivity contribution in [3.8, 4) is 0 Å². The van der Waals surface area contributed by atoms with Crippen molar-refractivity contribution in [1.29, 1.82) is 0 Å². The van der Waals surface area contributed by atoms with Gasteiger partial charge in [0, 0.05) is 18.7 Å². The first kappa shape index (κ1) is 8.30. The van der Waals surface area contributed by atoms with E-state index in [1.807, 2.05) is 23.1 Å². The lowest BCUT2D eigenvalue weighted by molar-refractivity contribution is -0.117. The van der Waals surface area contributed by atoms with E-state index in [9.17, 15) is 4.79 Å². The molecular formula is C11H12NO. The minimum atomic E-state index is 0.116. The average molecular weight is 174 g/mol. The molecule has 0 aromatic heterocycles. The van der Waals surface area contributed by atoms with Crippen molar-refractivity contribution in [2.45, 2.75) is 12.8 Å². The molecule has 2 heteroatoms.